The van der Waals surface area contributed by atoms with Gasteiger partial charge in [0.25, 0.3) is 0 Å². The standard InChI is InChI=1S/C12H14ClN5O2/c13-11-15-10(9-4-2-6-18(9)16-11)14-8-3-1-5-17(7-8)12(19)20/h2,4,6,8H,1,3,5,7H2,(H,19,20)(H,14,15,16)/t8-/m1/s1. The van der Waals surface area contributed by atoms with Gasteiger partial charge in [0.15, 0.2) is 5.82 Å². The van der Waals surface area contributed by atoms with Gasteiger partial charge in [0, 0.05) is 25.3 Å². The number of likely N-dealkylation sites (tertiary alicyclic amines) is 1. The van der Waals surface area contributed by atoms with E-state index in [0.29, 0.717) is 18.9 Å². The molecule has 7 nitrogen and oxygen atoms in total. The number of carboxylic acid groups (broad SMARTS) is 1. The van der Waals surface area contributed by atoms with Crippen LogP contribution in [0.2, 0.25) is 5.28 Å². The second-order valence-corrected chi connectivity index (χ2v) is 5.12. The number of nitrogens with zero attached hydrogens (tertiary/aromatic N) is 4. The van der Waals surface area contributed by atoms with Gasteiger partial charge in [0.1, 0.15) is 5.52 Å². The van der Waals surface area contributed by atoms with Crippen LogP contribution in [-0.4, -0.2) is 49.8 Å². The van der Waals surface area contributed by atoms with Gasteiger partial charge in [0.2, 0.25) is 5.28 Å². The maximum Gasteiger partial charge on any atom is 0.407 e. The molecule has 0 unspecified atom stereocenters. The van der Waals surface area contributed by atoms with Crippen LogP contribution in [0.4, 0.5) is 10.6 Å². The van der Waals surface area contributed by atoms with Crippen LogP contribution in [0.1, 0.15) is 12.8 Å². The molecule has 0 radical (unpaired) electrons. The average Bonchev–Trinajstić information content (AvgIpc) is 2.87. The van der Waals surface area contributed by atoms with Crippen molar-refractivity contribution in [2.75, 3.05) is 18.4 Å². The van der Waals surface area contributed by atoms with Gasteiger partial charge >= 0.3 is 6.09 Å². The molecule has 0 bridgehead atoms. The molecule has 0 aliphatic carbocycles. The monoisotopic (exact) mass is 295 g/mol. The van der Waals surface area contributed by atoms with Crippen LogP contribution in [-0.2, 0) is 0 Å². The van der Waals surface area contributed by atoms with Gasteiger partial charge in [-0.3, -0.25) is 0 Å². The fourth-order valence-electron chi connectivity index (χ4n) is 2.48. The average molecular weight is 296 g/mol. The molecule has 2 aromatic rings. The quantitative estimate of drug-likeness (QED) is 0.884. The first kappa shape index (κ1) is 13.0. The minimum Gasteiger partial charge on any atom is -0.465 e. The fourth-order valence-corrected chi connectivity index (χ4v) is 2.64. The van der Waals surface area contributed by atoms with Crippen molar-refractivity contribution in [3.8, 4) is 0 Å². The van der Waals surface area contributed by atoms with E-state index in [-0.39, 0.29) is 11.3 Å². The summed E-state index contributed by atoms with van der Waals surface area (Å²) in [6, 6.07) is 3.77. The first-order valence-corrected chi connectivity index (χ1v) is 6.76. The van der Waals surface area contributed by atoms with E-state index < -0.39 is 6.09 Å². The van der Waals surface area contributed by atoms with Crippen molar-refractivity contribution in [2.45, 2.75) is 18.9 Å². The van der Waals surface area contributed by atoms with Crippen LogP contribution in [0.25, 0.3) is 5.52 Å². The third-order valence-electron chi connectivity index (χ3n) is 3.40. The molecule has 1 aliphatic rings. The number of hydrogen-bond donors (Lipinski definition) is 2. The van der Waals surface area contributed by atoms with Crippen molar-refractivity contribution in [3.63, 3.8) is 0 Å². The minimum atomic E-state index is -0.884. The third-order valence-corrected chi connectivity index (χ3v) is 3.56. The first-order valence-electron chi connectivity index (χ1n) is 6.39. The van der Waals surface area contributed by atoms with E-state index in [1.54, 1.807) is 10.7 Å². The molecule has 1 atom stereocenters. The molecule has 20 heavy (non-hydrogen) atoms. The predicted molar refractivity (Wildman–Crippen MR) is 74.2 cm³/mol. The van der Waals surface area contributed by atoms with Crippen molar-refractivity contribution < 1.29 is 9.90 Å². The SMILES string of the molecule is O=C(O)N1CCC[C@@H](Nc2nc(Cl)nn3cccc23)C1. The summed E-state index contributed by atoms with van der Waals surface area (Å²) in [5.41, 5.74) is 0.821. The molecule has 3 rings (SSSR count). The summed E-state index contributed by atoms with van der Waals surface area (Å²) in [4.78, 5) is 16.6. The number of fused-ring (bicyclic) bond motifs is 1. The van der Waals surface area contributed by atoms with Crippen molar-refractivity contribution >= 4 is 29.0 Å². The van der Waals surface area contributed by atoms with E-state index in [1.807, 2.05) is 12.1 Å². The molecule has 1 fully saturated rings. The van der Waals surface area contributed by atoms with Gasteiger partial charge in [-0.1, -0.05) is 0 Å². The van der Waals surface area contributed by atoms with Gasteiger partial charge in [-0.2, -0.15) is 4.98 Å². The van der Waals surface area contributed by atoms with Gasteiger partial charge in [-0.05, 0) is 36.6 Å². The number of piperidine rings is 1. The normalized spacial score (nSPS) is 19.2. The maximum absolute atomic E-state index is 11.0. The van der Waals surface area contributed by atoms with Gasteiger partial charge < -0.3 is 15.3 Å². The zero-order valence-electron chi connectivity index (χ0n) is 10.7. The Labute approximate surface area is 120 Å². The molecular formula is C12H14ClN5O2. The molecule has 8 heteroatoms. The summed E-state index contributed by atoms with van der Waals surface area (Å²) in [7, 11) is 0. The van der Waals surface area contributed by atoms with Gasteiger partial charge in [0.05, 0.1) is 0 Å². The van der Waals surface area contributed by atoms with E-state index in [2.05, 4.69) is 15.4 Å². The number of nitrogens with one attached hydrogen (secondary N) is 1. The van der Waals surface area contributed by atoms with E-state index in [1.165, 1.54) is 4.90 Å². The summed E-state index contributed by atoms with van der Waals surface area (Å²) < 4.78 is 1.65. The molecule has 2 N–H and O–H groups in total. The molecule has 0 aromatic carbocycles. The Hall–Kier alpha value is -2.02. The highest BCUT2D eigenvalue weighted by atomic mass is 35.5. The Morgan fingerprint density at radius 2 is 2.40 bits per heavy atom. The zero-order chi connectivity index (χ0) is 14.1. The number of halogens is 1. The lowest BCUT2D eigenvalue weighted by molar-refractivity contribution is 0.133. The maximum atomic E-state index is 11.0. The number of rotatable bonds is 2. The smallest absolute Gasteiger partial charge is 0.407 e. The van der Waals surface area contributed by atoms with Crippen LogP contribution in [0, 0.1) is 0 Å². The Kier molecular flexibility index (Phi) is 3.35. The number of amides is 1. The lowest BCUT2D eigenvalue weighted by atomic mass is 10.1. The van der Waals surface area contributed by atoms with Crippen LogP contribution >= 0.6 is 11.6 Å². The molecule has 1 saturated heterocycles. The Balaban J connectivity index is 1.82. The first-order chi connectivity index (χ1) is 9.63. The molecule has 2 aromatic heterocycles. The summed E-state index contributed by atoms with van der Waals surface area (Å²) in [5.74, 6) is 0.632. The summed E-state index contributed by atoms with van der Waals surface area (Å²) >= 11 is 5.89. The third kappa shape index (κ3) is 2.49. The lowest BCUT2D eigenvalue weighted by Gasteiger charge is -2.31. The van der Waals surface area contributed by atoms with Crippen molar-refractivity contribution in [2.24, 2.45) is 0 Å². The highest BCUT2D eigenvalue weighted by molar-refractivity contribution is 6.28. The second-order valence-electron chi connectivity index (χ2n) is 4.78. The molecule has 0 saturated carbocycles. The number of carbonyl (C=O) groups is 1. The molecular weight excluding hydrogens is 282 g/mol. The molecule has 0 spiro atoms. The highest BCUT2D eigenvalue weighted by Crippen LogP contribution is 2.20. The molecule has 106 valence electrons. The summed E-state index contributed by atoms with van der Waals surface area (Å²) in [5, 5.41) is 16.5. The molecule has 1 amide bonds. The summed E-state index contributed by atoms with van der Waals surface area (Å²) in [6.07, 6.45) is 2.64. The topological polar surface area (TPSA) is 82.8 Å². The minimum absolute atomic E-state index is 0.0320. The zero-order valence-corrected chi connectivity index (χ0v) is 11.4. The lowest BCUT2D eigenvalue weighted by Crippen LogP contribution is -2.44. The van der Waals surface area contributed by atoms with Crippen LogP contribution < -0.4 is 5.32 Å². The van der Waals surface area contributed by atoms with E-state index in [9.17, 15) is 4.79 Å². The molecule has 1 aliphatic heterocycles. The fraction of sp³-hybridized carbons (Fsp3) is 0.417. The number of aromatic nitrogens is 3. The van der Waals surface area contributed by atoms with Crippen molar-refractivity contribution in [1.29, 1.82) is 0 Å². The number of anilines is 1. The Morgan fingerprint density at radius 1 is 1.55 bits per heavy atom. The van der Waals surface area contributed by atoms with Crippen LogP contribution in [0.15, 0.2) is 18.3 Å². The second kappa shape index (κ2) is 5.16. The molecule has 3 heterocycles. The number of hydrogen-bond acceptors (Lipinski definition) is 4. The van der Waals surface area contributed by atoms with Crippen molar-refractivity contribution in [3.05, 3.63) is 23.6 Å². The van der Waals surface area contributed by atoms with E-state index in [0.717, 1.165) is 18.4 Å². The van der Waals surface area contributed by atoms with Gasteiger partial charge in [-0.15, -0.1) is 5.10 Å². The predicted octanol–water partition coefficient (Wildman–Crippen LogP) is 1.94. The highest BCUT2D eigenvalue weighted by Gasteiger charge is 2.24. The summed E-state index contributed by atoms with van der Waals surface area (Å²) in [6.45, 7) is 1.03. The Bertz CT molecular complexity index is 644. The largest absolute Gasteiger partial charge is 0.465 e. The van der Waals surface area contributed by atoms with Crippen LogP contribution in [0.3, 0.4) is 0 Å². The Morgan fingerprint density at radius 3 is 3.20 bits per heavy atom. The van der Waals surface area contributed by atoms with Gasteiger partial charge in [-0.25, -0.2) is 9.31 Å². The van der Waals surface area contributed by atoms with Crippen LogP contribution in [0.5, 0.6) is 0 Å². The van der Waals surface area contributed by atoms with E-state index in [4.69, 9.17) is 16.7 Å². The van der Waals surface area contributed by atoms with E-state index >= 15 is 0 Å². The van der Waals surface area contributed by atoms with Crippen molar-refractivity contribution in [1.82, 2.24) is 19.5 Å².